The normalized spacial score (nSPS) is 7.00. The van der Waals surface area contributed by atoms with Crippen LogP contribution in [0.1, 0.15) is 0 Å². The van der Waals surface area contributed by atoms with E-state index < -0.39 is 0 Å². The zero-order chi connectivity index (χ0) is 4.28. The van der Waals surface area contributed by atoms with Gasteiger partial charge in [0.15, 0.2) is 0 Å². The Morgan fingerprint density at radius 2 is 1.80 bits per heavy atom. The van der Waals surface area contributed by atoms with Crippen molar-refractivity contribution in [1.82, 2.24) is 0 Å². The van der Waals surface area contributed by atoms with Crippen LogP contribution in [0.2, 0.25) is 0 Å². The molecular weight excluding hydrogens is 82.1 g/mol. The zero-order valence-electron chi connectivity index (χ0n) is 3.39. The Morgan fingerprint density at radius 3 is 1.80 bits per heavy atom. The molecule has 0 aliphatic carbocycles. The number of rotatable bonds is 0. The maximum atomic E-state index is 3.69. The fraction of sp³-hybridized carbons (Fsp3) is 0.667. The monoisotopic (exact) mass is 89.0 g/mol. The van der Waals surface area contributed by atoms with Gasteiger partial charge in [-0.15, -0.1) is 5.55 Å². The van der Waals surface area contributed by atoms with Gasteiger partial charge in [-0.25, -0.2) is 0 Å². The molecule has 0 amide bonds. The van der Waals surface area contributed by atoms with E-state index in [0.717, 1.165) is 0 Å². The Hall–Kier alpha value is 0.0200. The molecule has 0 aromatic heterocycles. The summed E-state index contributed by atoms with van der Waals surface area (Å²) in [6.45, 7) is 0. The molecule has 0 saturated heterocycles. The largest absolute Gasteiger partial charge is 0.408 e. The van der Waals surface area contributed by atoms with Gasteiger partial charge in [0.05, 0.1) is 0 Å². The maximum absolute atomic E-state index is 3.69. The molecule has 0 saturated carbocycles. The standard InChI is InChI=1S/C3H7NS/c1-4(2)3-5/h5H,1-2H3. The Bertz CT molecular complexity index is 44.9. The number of thiol groups is 1. The van der Waals surface area contributed by atoms with Gasteiger partial charge in [-0.2, -0.15) is 0 Å². The minimum absolute atomic E-state index is 1.74. The van der Waals surface area contributed by atoms with Crippen LogP contribution in [0.25, 0.3) is 0 Å². The smallest absolute Gasteiger partial charge is 0.101 e. The summed E-state index contributed by atoms with van der Waals surface area (Å²) in [5.41, 5.74) is 2.56. The van der Waals surface area contributed by atoms with E-state index in [2.05, 4.69) is 18.2 Å². The molecule has 5 heavy (non-hydrogen) atoms. The van der Waals surface area contributed by atoms with E-state index in [1.165, 1.54) is 0 Å². The molecular formula is C3H7NS. The maximum Gasteiger partial charge on any atom is 0.101 e. The van der Waals surface area contributed by atoms with Crippen molar-refractivity contribution < 1.29 is 4.58 Å². The number of hydrogen-bond acceptors (Lipinski definition) is 0. The summed E-state index contributed by atoms with van der Waals surface area (Å²) in [7, 11) is 3.74. The molecule has 0 radical (unpaired) electrons. The van der Waals surface area contributed by atoms with E-state index >= 15 is 0 Å². The lowest BCUT2D eigenvalue weighted by molar-refractivity contribution is -0.456. The molecule has 0 bridgehead atoms. The van der Waals surface area contributed by atoms with Crippen LogP contribution in [-0.2, 0) is 0 Å². The molecule has 0 atom stereocenters. The Labute approximate surface area is 37.7 Å². The minimum atomic E-state index is 1.74. The average Bonchev–Trinajstić information content (AvgIpc) is 1.38. The van der Waals surface area contributed by atoms with Crippen molar-refractivity contribution in [1.29, 1.82) is 0 Å². The highest BCUT2D eigenvalue weighted by Gasteiger charge is 1.49. The van der Waals surface area contributed by atoms with Gasteiger partial charge in [0, 0.05) is 0 Å². The number of hydrogen-bond donors (Lipinski definition) is 1. The average molecular weight is 89.2 g/mol. The quantitative estimate of drug-likeness (QED) is 0.141. The van der Waals surface area contributed by atoms with Crippen LogP contribution in [0.15, 0.2) is 0 Å². The van der Waals surface area contributed by atoms with Crippen molar-refractivity contribution in [2.45, 2.75) is 0 Å². The lowest BCUT2D eigenvalue weighted by atomic mass is 11.1. The van der Waals surface area contributed by atoms with Gasteiger partial charge in [-0.1, -0.05) is 0 Å². The van der Waals surface area contributed by atoms with E-state index in [4.69, 9.17) is 0 Å². The second-order valence-corrected chi connectivity index (χ2v) is 1.19. The van der Waals surface area contributed by atoms with E-state index in [-0.39, 0.29) is 0 Å². The molecule has 0 aromatic carbocycles. The molecule has 1 nitrogen and oxygen atoms in total. The summed E-state index contributed by atoms with van der Waals surface area (Å²) in [6.07, 6.45) is 0. The molecule has 0 N–H and O–H groups in total. The molecule has 0 aromatic rings. The van der Waals surface area contributed by atoms with Crippen LogP contribution in [0.5, 0.6) is 0 Å². The third-order valence-electron chi connectivity index (χ3n) is 0.200. The van der Waals surface area contributed by atoms with Crippen molar-refractivity contribution in [2.75, 3.05) is 14.1 Å². The van der Waals surface area contributed by atoms with Crippen molar-refractivity contribution in [2.24, 2.45) is 0 Å². The van der Waals surface area contributed by atoms with Crippen molar-refractivity contribution in [3.05, 3.63) is 0 Å². The molecule has 0 rings (SSSR count). The summed E-state index contributed by atoms with van der Waals surface area (Å²) >= 11 is 3.69. The van der Waals surface area contributed by atoms with E-state index in [0.29, 0.717) is 0 Å². The second-order valence-electron chi connectivity index (χ2n) is 0.994. The fourth-order valence-electron chi connectivity index (χ4n) is 0. The van der Waals surface area contributed by atoms with Crippen molar-refractivity contribution in [3.63, 3.8) is 0 Å². The second kappa shape index (κ2) is 2.27. The fourth-order valence-corrected chi connectivity index (χ4v) is 0. The van der Waals surface area contributed by atoms with E-state index in [1.807, 2.05) is 14.1 Å². The Morgan fingerprint density at radius 1 is 1.60 bits per heavy atom. The third kappa shape index (κ3) is 4.02. The summed E-state index contributed by atoms with van der Waals surface area (Å²) in [4.78, 5) is 0. The molecule has 0 unspecified atom stereocenters. The Kier molecular flexibility index (Phi) is 2.28. The molecule has 0 fully saturated rings. The molecule has 2 heteroatoms. The molecule has 30 valence electrons. The van der Waals surface area contributed by atoms with Crippen LogP contribution in [0.3, 0.4) is 0 Å². The highest BCUT2D eigenvalue weighted by Crippen LogP contribution is 1.54. The third-order valence-corrected chi connectivity index (χ3v) is 0.600. The van der Waals surface area contributed by atoms with Crippen LogP contribution < -0.4 is 0 Å². The highest BCUT2D eigenvalue weighted by molar-refractivity contribution is 7.94. The number of nitrogens with zero attached hydrogens (tertiary/aromatic N) is 1. The molecule has 0 aliphatic rings. The summed E-state index contributed by atoms with van der Waals surface area (Å²) in [5, 5.41) is 0. The van der Waals surface area contributed by atoms with Gasteiger partial charge in [0.2, 0.25) is 0 Å². The lowest BCUT2D eigenvalue weighted by Gasteiger charge is -1.87. The van der Waals surface area contributed by atoms with Gasteiger partial charge in [-0.05, 0) is 0 Å². The highest BCUT2D eigenvalue weighted by atomic mass is 32.1. The molecule has 0 spiro atoms. The first-order valence-electron chi connectivity index (χ1n) is 1.34. The summed E-state index contributed by atoms with van der Waals surface area (Å²) in [5.74, 6) is 0. The molecule has 0 heterocycles. The molecule has 0 aliphatic heterocycles. The Balaban J connectivity index is 3.14. The zero-order valence-corrected chi connectivity index (χ0v) is 4.29. The van der Waals surface area contributed by atoms with E-state index in [1.54, 1.807) is 4.58 Å². The van der Waals surface area contributed by atoms with Gasteiger partial charge in [0.1, 0.15) is 14.1 Å². The lowest BCUT2D eigenvalue weighted by Crippen LogP contribution is -1.91. The summed E-state index contributed by atoms with van der Waals surface area (Å²) in [6, 6.07) is 0. The van der Waals surface area contributed by atoms with Gasteiger partial charge >= 0.3 is 0 Å². The van der Waals surface area contributed by atoms with Gasteiger partial charge in [0.25, 0.3) is 0 Å². The van der Waals surface area contributed by atoms with Crippen LogP contribution in [0, 0.1) is 0 Å². The van der Waals surface area contributed by atoms with E-state index in [9.17, 15) is 0 Å². The van der Waals surface area contributed by atoms with Gasteiger partial charge in [-0.3, -0.25) is 0 Å². The summed E-state index contributed by atoms with van der Waals surface area (Å²) < 4.78 is 1.74. The minimum Gasteiger partial charge on any atom is -0.408 e. The van der Waals surface area contributed by atoms with Crippen LogP contribution in [0.4, 0.5) is 0 Å². The predicted molar refractivity (Wildman–Crippen MR) is 26.1 cm³/mol. The van der Waals surface area contributed by atoms with Gasteiger partial charge < -0.3 is 17.2 Å². The van der Waals surface area contributed by atoms with Crippen LogP contribution >= 0.6 is 12.6 Å². The first-order valence-corrected chi connectivity index (χ1v) is 1.79. The predicted octanol–water partition coefficient (Wildman–Crippen LogP) is 0.0936. The van der Waals surface area contributed by atoms with Crippen LogP contribution in [-0.4, -0.2) is 24.2 Å². The first kappa shape index (κ1) is 5.02. The van der Waals surface area contributed by atoms with Crippen molar-refractivity contribution in [3.8, 4) is 0 Å². The topological polar surface area (TPSA) is 3.01 Å². The first-order chi connectivity index (χ1) is 2.27. The van der Waals surface area contributed by atoms with Crippen molar-refractivity contribution >= 4 is 18.2 Å². The SMILES string of the molecule is C[N+](C)=[C-]S.